The van der Waals surface area contributed by atoms with Gasteiger partial charge in [-0.2, -0.15) is 5.10 Å². The van der Waals surface area contributed by atoms with E-state index in [1.165, 1.54) is 0 Å². The van der Waals surface area contributed by atoms with Crippen molar-refractivity contribution in [2.75, 3.05) is 20.1 Å². The molecule has 3 rings (SSSR count). The minimum absolute atomic E-state index is 0.0210. The molecule has 2 heterocycles. The van der Waals surface area contributed by atoms with Gasteiger partial charge < -0.3 is 15.5 Å². The molecule has 2 N–H and O–H groups in total. The maximum atomic E-state index is 12.5. The van der Waals surface area contributed by atoms with Gasteiger partial charge in [-0.05, 0) is 57.2 Å². The molecule has 1 fully saturated rings. The van der Waals surface area contributed by atoms with Crippen molar-refractivity contribution in [1.82, 2.24) is 25.3 Å². The lowest BCUT2D eigenvalue weighted by Gasteiger charge is -2.29. The maximum absolute atomic E-state index is 12.5. The third-order valence-electron chi connectivity index (χ3n) is 5.08. The zero-order valence-electron chi connectivity index (χ0n) is 16.8. The Morgan fingerprint density at radius 3 is 2.50 bits per heavy atom. The molecule has 2 amide bonds. The Morgan fingerprint density at radius 1 is 1.18 bits per heavy atom. The highest BCUT2D eigenvalue weighted by atomic mass is 16.2. The number of hydrogen-bond donors (Lipinski definition) is 2. The molecule has 0 atom stereocenters. The van der Waals surface area contributed by atoms with Gasteiger partial charge in [-0.3, -0.25) is 9.59 Å². The molecule has 0 radical (unpaired) electrons. The van der Waals surface area contributed by atoms with Crippen LogP contribution < -0.4 is 10.6 Å². The summed E-state index contributed by atoms with van der Waals surface area (Å²) >= 11 is 0. The van der Waals surface area contributed by atoms with Gasteiger partial charge in [-0.1, -0.05) is 13.8 Å². The number of benzene rings is 1. The molecule has 7 nitrogen and oxygen atoms in total. The lowest BCUT2D eigenvalue weighted by atomic mass is 10.0. The maximum Gasteiger partial charge on any atom is 0.251 e. The van der Waals surface area contributed by atoms with Crippen LogP contribution in [-0.4, -0.2) is 52.7 Å². The lowest BCUT2D eigenvalue weighted by molar-refractivity contribution is -0.124. The Bertz CT molecular complexity index is 804. The molecular formula is C21H29N5O2. The molecule has 2 aromatic rings. The van der Waals surface area contributed by atoms with Crippen LogP contribution in [0.5, 0.6) is 0 Å². The molecule has 1 aromatic carbocycles. The highest BCUT2D eigenvalue weighted by Crippen LogP contribution is 2.13. The monoisotopic (exact) mass is 383 g/mol. The topological polar surface area (TPSA) is 79.3 Å². The van der Waals surface area contributed by atoms with Crippen LogP contribution in [0.15, 0.2) is 36.7 Å². The van der Waals surface area contributed by atoms with Crippen molar-refractivity contribution in [1.29, 1.82) is 0 Å². The minimum atomic E-state index is -0.0387. The molecular weight excluding hydrogens is 354 g/mol. The highest BCUT2D eigenvalue weighted by Gasteiger charge is 2.19. The van der Waals surface area contributed by atoms with E-state index in [2.05, 4.69) is 27.7 Å². The third kappa shape index (κ3) is 5.19. The van der Waals surface area contributed by atoms with Gasteiger partial charge in [0.1, 0.15) is 0 Å². The number of hydrogen-bond acceptors (Lipinski definition) is 4. The predicted octanol–water partition coefficient (Wildman–Crippen LogP) is 1.97. The van der Waals surface area contributed by atoms with Gasteiger partial charge in [0.2, 0.25) is 5.91 Å². The minimum Gasteiger partial charge on any atom is -0.352 e. The Labute approximate surface area is 166 Å². The summed E-state index contributed by atoms with van der Waals surface area (Å²) in [5.41, 5.74) is 2.45. The first-order valence-electron chi connectivity index (χ1n) is 9.83. The number of aromatic nitrogens is 2. The van der Waals surface area contributed by atoms with Gasteiger partial charge in [0.25, 0.3) is 5.91 Å². The van der Waals surface area contributed by atoms with Crippen molar-refractivity contribution in [3.63, 3.8) is 0 Å². The Hall–Kier alpha value is -2.67. The molecule has 0 spiro atoms. The fraction of sp³-hybridized carbons (Fsp3) is 0.476. The normalized spacial score (nSPS) is 15.6. The van der Waals surface area contributed by atoms with Crippen LogP contribution in [0.3, 0.4) is 0 Å². The van der Waals surface area contributed by atoms with Crippen LogP contribution in [0.25, 0.3) is 5.69 Å². The van der Waals surface area contributed by atoms with E-state index in [1.807, 2.05) is 44.3 Å². The first kappa shape index (κ1) is 20.1. The van der Waals surface area contributed by atoms with Crippen molar-refractivity contribution in [2.24, 2.45) is 5.92 Å². The van der Waals surface area contributed by atoms with Crippen molar-refractivity contribution >= 4 is 11.8 Å². The zero-order chi connectivity index (χ0) is 20.1. The van der Waals surface area contributed by atoms with Crippen LogP contribution in [0.4, 0.5) is 0 Å². The number of piperidine rings is 1. The molecule has 150 valence electrons. The smallest absolute Gasteiger partial charge is 0.251 e. The van der Waals surface area contributed by atoms with Gasteiger partial charge in [0.15, 0.2) is 0 Å². The van der Waals surface area contributed by atoms with E-state index in [0.29, 0.717) is 12.1 Å². The molecule has 0 saturated carbocycles. The van der Waals surface area contributed by atoms with E-state index in [9.17, 15) is 9.59 Å². The molecule has 1 aromatic heterocycles. The average molecular weight is 383 g/mol. The second kappa shape index (κ2) is 9.01. The van der Waals surface area contributed by atoms with Crippen LogP contribution in [0, 0.1) is 5.92 Å². The van der Waals surface area contributed by atoms with Crippen LogP contribution in [0.1, 0.15) is 42.6 Å². The first-order valence-corrected chi connectivity index (χ1v) is 9.83. The number of rotatable bonds is 6. The third-order valence-corrected chi connectivity index (χ3v) is 5.08. The van der Waals surface area contributed by atoms with E-state index in [0.717, 1.165) is 37.2 Å². The largest absolute Gasteiger partial charge is 0.352 e. The Morgan fingerprint density at radius 2 is 1.86 bits per heavy atom. The summed E-state index contributed by atoms with van der Waals surface area (Å²) in [6, 6.07) is 7.65. The Kier molecular flexibility index (Phi) is 6.46. The summed E-state index contributed by atoms with van der Waals surface area (Å²) in [6.45, 7) is 6.21. The van der Waals surface area contributed by atoms with E-state index < -0.39 is 0 Å². The summed E-state index contributed by atoms with van der Waals surface area (Å²) in [7, 11) is 2.11. The zero-order valence-corrected chi connectivity index (χ0v) is 16.8. The van der Waals surface area contributed by atoms with Crippen LogP contribution in [0.2, 0.25) is 0 Å². The number of amides is 2. The van der Waals surface area contributed by atoms with Gasteiger partial charge >= 0.3 is 0 Å². The number of carbonyl (C=O) groups excluding carboxylic acids is 2. The van der Waals surface area contributed by atoms with E-state index in [4.69, 9.17) is 0 Å². The SMILES string of the molecule is CC(C)C(=O)NCc1cnn(-c2ccc(C(=O)NC3CCN(C)CC3)cc2)c1. The number of nitrogens with one attached hydrogen (secondary N) is 2. The van der Waals surface area contributed by atoms with Gasteiger partial charge in [0.05, 0.1) is 11.9 Å². The van der Waals surface area contributed by atoms with Gasteiger partial charge in [-0.25, -0.2) is 4.68 Å². The van der Waals surface area contributed by atoms with Crippen LogP contribution in [-0.2, 0) is 11.3 Å². The van der Waals surface area contributed by atoms with E-state index in [1.54, 1.807) is 10.9 Å². The molecule has 1 aliphatic rings. The standard InChI is InChI=1S/C21H29N5O2/c1-15(2)20(27)22-12-16-13-23-26(14-16)19-6-4-17(5-7-19)21(28)24-18-8-10-25(3)11-9-18/h4-7,13-15,18H,8-12H2,1-3H3,(H,22,27)(H,24,28). The van der Waals surface area contributed by atoms with Gasteiger partial charge in [-0.15, -0.1) is 0 Å². The fourth-order valence-electron chi connectivity index (χ4n) is 3.17. The summed E-state index contributed by atoms with van der Waals surface area (Å²) in [6.07, 6.45) is 5.60. The molecule has 28 heavy (non-hydrogen) atoms. The quantitative estimate of drug-likeness (QED) is 0.799. The number of likely N-dealkylation sites (tertiary alicyclic amines) is 1. The molecule has 7 heteroatoms. The molecule has 1 saturated heterocycles. The number of carbonyl (C=O) groups is 2. The fourth-order valence-corrected chi connectivity index (χ4v) is 3.17. The summed E-state index contributed by atoms with van der Waals surface area (Å²) in [5.74, 6) is -0.0466. The van der Waals surface area contributed by atoms with E-state index in [-0.39, 0.29) is 23.8 Å². The second-order valence-electron chi connectivity index (χ2n) is 7.76. The summed E-state index contributed by atoms with van der Waals surface area (Å²) in [4.78, 5) is 26.4. The van der Waals surface area contributed by atoms with Crippen molar-refractivity contribution in [3.05, 3.63) is 47.8 Å². The second-order valence-corrected chi connectivity index (χ2v) is 7.76. The number of nitrogens with zero attached hydrogens (tertiary/aromatic N) is 3. The molecule has 0 unspecified atom stereocenters. The lowest BCUT2D eigenvalue weighted by Crippen LogP contribution is -2.43. The van der Waals surface area contributed by atoms with Gasteiger partial charge in [0, 0.05) is 35.8 Å². The predicted molar refractivity (Wildman–Crippen MR) is 108 cm³/mol. The van der Waals surface area contributed by atoms with Crippen molar-refractivity contribution < 1.29 is 9.59 Å². The highest BCUT2D eigenvalue weighted by molar-refractivity contribution is 5.94. The Balaban J connectivity index is 1.57. The first-order chi connectivity index (χ1) is 13.4. The summed E-state index contributed by atoms with van der Waals surface area (Å²) in [5, 5.41) is 10.4. The van der Waals surface area contributed by atoms with Crippen molar-refractivity contribution in [3.8, 4) is 5.69 Å². The molecule has 1 aliphatic heterocycles. The van der Waals surface area contributed by atoms with Crippen molar-refractivity contribution in [2.45, 2.75) is 39.3 Å². The van der Waals surface area contributed by atoms with E-state index >= 15 is 0 Å². The summed E-state index contributed by atoms with van der Waals surface area (Å²) < 4.78 is 1.75. The molecule has 0 aliphatic carbocycles. The molecule has 0 bridgehead atoms. The average Bonchev–Trinajstić information content (AvgIpc) is 3.17. The van der Waals surface area contributed by atoms with Crippen LogP contribution >= 0.6 is 0 Å².